The smallest absolute Gasteiger partial charge is 0.299 e. The molecule has 7 rings (SSSR count). The number of aliphatic hydroxyl groups is 1. The van der Waals surface area contributed by atoms with Crippen molar-refractivity contribution in [1.82, 2.24) is 9.80 Å². The van der Waals surface area contributed by atoms with Gasteiger partial charge in [-0.1, -0.05) is 68.3 Å². The Labute approximate surface area is 267 Å². The molecule has 0 aromatic heterocycles. The Hall–Kier alpha value is -3.79. The molecular formula is C39H44N2O4. The molecule has 0 radical (unpaired) electrons. The third kappa shape index (κ3) is 4.83. The second-order valence-corrected chi connectivity index (χ2v) is 13.9. The van der Waals surface area contributed by atoms with Crippen LogP contribution in [0.2, 0.25) is 0 Å². The normalized spacial score (nSPS) is 27.6. The summed E-state index contributed by atoms with van der Waals surface area (Å²) in [6, 6.07) is 22.5. The SMILES string of the molecule is COc1ccc2c3c1O[C@H]1[C@H](N(CC(C)C)C(=O)C#Cc4cccc(C)c4)CC[C@@]4(O)[C@@H](C2)N(CCc2ccccc2)CC[C@]314. The van der Waals surface area contributed by atoms with Gasteiger partial charge in [-0.2, -0.15) is 0 Å². The Bertz CT molecular complexity index is 1660. The van der Waals surface area contributed by atoms with Crippen LogP contribution in [-0.4, -0.2) is 71.3 Å². The van der Waals surface area contributed by atoms with E-state index < -0.39 is 11.0 Å². The molecule has 1 N–H and O–H groups in total. The molecule has 4 aliphatic rings. The number of rotatable bonds is 7. The monoisotopic (exact) mass is 604 g/mol. The van der Waals surface area contributed by atoms with Gasteiger partial charge in [0.25, 0.3) is 5.91 Å². The zero-order chi connectivity index (χ0) is 31.3. The molecule has 1 spiro atoms. The molecule has 2 fully saturated rings. The predicted molar refractivity (Wildman–Crippen MR) is 175 cm³/mol. The summed E-state index contributed by atoms with van der Waals surface area (Å²) in [4.78, 5) is 18.5. The Morgan fingerprint density at radius 1 is 1.13 bits per heavy atom. The van der Waals surface area contributed by atoms with Gasteiger partial charge in [-0.3, -0.25) is 9.69 Å². The van der Waals surface area contributed by atoms with E-state index in [1.165, 1.54) is 11.1 Å². The lowest BCUT2D eigenvalue weighted by molar-refractivity contribution is -0.200. The number of piperidine rings is 1. The van der Waals surface area contributed by atoms with Gasteiger partial charge in [0.15, 0.2) is 11.5 Å². The number of ether oxygens (including phenoxy) is 2. The molecule has 5 atom stereocenters. The van der Waals surface area contributed by atoms with E-state index in [0.29, 0.717) is 25.1 Å². The van der Waals surface area contributed by atoms with Gasteiger partial charge in [-0.05, 0) is 86.4 Å². The number of methoxy groups -OCH3 is 1. The first-order valence-electron chi connectivity index (χ1n) is 16.5. The summed E-state index contributed by atoms with van der Waals surface area (Å²) >= 11 is 0. The van der Waals surface area contributed by atoms with Crippen molar-refractivity contribution in [1.29, 1.82) is 0 Å². The summed E-state index contributed by atoms with van der Waals surface area (Å²) in [7, 11) is 1.68. The van der Waals surface area contributed by atoms with Gasteiger partial charge < -0.3 is 19.5 Å². The quantitative estimate of drug-likeness (QED) is 0.371. The minimum Gasteiger partial charge on any atom is -0.493 e. The number of hydrogen-bond acceptors (Lipinski definition) is 5. The van der Waals surface area contributed by atoms with E-state index in [-0.39, 0.29) is 30.0 Å². The molecule has 6 nitrogen and oxygen atoms in total. The minimum absolute atomic E-state index is 0.0239. The number of benzene rings is 3. The zero-order valence-corrected chi connectivity index (χ0v) is 26.9. The molecule has 3 aromatic carbocycles. The lowest BCUT2D eigenvalue weighted by Crippen LogP contribution is -2.78. The van der Waals surface area contributed by atoms with Gasteiger partial charge in [-0.15, -0.1) is 0 Å². The zero-order valence-electron chi connectivity index (χ0n) is 26.9. The largest absolute Gasteiger partial charge is 0.493 e. The standard InChI is InChI=1S/C39H44N2O4/c1-26(2)25-41(34(42)16-13-29-12-8-9-27(3)23-29)31-17-19-39(43)33-24-30-14-15-32(44-4)36-35(30)38(39,37(31)45-36)20-22-40(33)21-18-28-10-6-5-7-11-28/h5-12,14-15,23,26,31,33,37,43H,17-22,24-25H2,1-4H3/t31-,33-,37+,38+,39-/m1/s1. The molecule has 2 heterocycles. The van der Waals surface area contributed by atoms with Gasteiger partial charge >= 0.3 is 0 Å². The van der Waals surface area contributed by atoms with Crippen LogP contribution in [0.5, 0.6) is 11.5 Å². The van der Waals surface area contributed by atoms with Crippen LogP contribution in [0.3, 0.4) is 0 Å². The highest BCUT2D eigenvalue weighted by molar-refractivity contribution is 5.94. The fourth-order valence-corrected chi connectivity index (χ4v) is 8.94. The van der Waals surface area contributed by atoms with Gasteiger partial charge in [0.05, 0.1) is 24.2 Å². The summed E-state index contributed by atoms with van der Waals surface area (Å²) < 4.78 is 12.8. The molecule has 234 valence electrons. The first kappa shape index (κ1) is 29.9. The number of likely N-dealkylation sites (tertiary alicyclic amines) is 1. The first-order chi connectivity index (χ1) is 21.7. The highest BCUT2D eigenvalue weighted by atomic mass is 16.5. The molecule has 0 unspecified atom stereocenters. The third-order valence-corrected chi connectivity index (χ3v) is 10.8. The molecule has 3 aromatic rings. The van der Waals surface area contributed by atoms with Crippen molar-refractivity contribution in [2.24, 2.45) is 5.92 Å². The van der Waals surface area contributed by atoms with Crippen molar-refractivity contribution in [2.45, 2.75) is 82.1 Å². The van der Waals surface area contributed by atoms with Crippen molar-refractivity contribution < 1.29 is 19.4 Å². The molecule has 1 amide bonds. The van der Waals surface area contributed by atoms with Gasteiger partial charge in [-0.25, -0.2) is 0 Å². The van der Waals surface area contributed by atoms with Crippen LogP contribution in [0.4, 0.5) is 0 Å². The van der Waals surface area contributed by atoms with Crippen LogP contribution in [0, 0.1) is 24.7 Å². The second kappa shape index (κ2) is 11.5. The van der Waals surface area contributed by atoms with Gasteiger partial charge in [0.2, 0.25) is 0 Å². The van der Waals surface area contributed by atoms with Crippen LogP contribution in [0.15, 0.2) is 66.7 Å². The van der Waals surface area contributed by atoms with E-state index >= 15 is 0 Å². The lowest BCUT2D eigenvalue weighted by atomic mass is 9.48. The topological polar surface area (TPSA) is 62.2 Å². The number of aryl methyl sites for hydroxylation is 1. The molecule has 2 aliphatic carbocycles. The van der Waals surface area contributed by atoms with E-state index in [0.717, 1.165) is 54.8 Å². The van der Waals surface area contributed by atoms with E-state index in [2.05, 4.69) is 67.0 Å². The average Bonchev–Trinajstić information content (AvgIpc) is 3.38. The molecule has 1 saturated carbocycles. The summed E-state index contributed by atoms with van der Waals surface area (Å²) in [5, 5.41) is 13.0. The van der Waals surface area contributed by atoms with Crippen molar-refractivity contribution >= 4 is 5.91 Å². The molecule has 2 aliphatic heterocycles. The van der Waals surface area contributed by atoms with Crippen molar-refractivity contribution in [3.63, 3.8) is 0 Å². The Morgan fingerprint density at radius 2 is 1.96 bits per heavy atom. The summed E-state index contributed by atoms with van der Waals surface area (Å²) in [6.45, 7) is 8.65. The second-order valence-electron chi connectivity index (χ2n) is 13.9. The summed E-state index contributed by atoms with van der Waals surface area (Å²) in [5.74, 6) is 7.62. The van der Waals surface area contributed by atoms with E-state index in [1.807, 2.05) is 42.2 Å². The van der Waals surface area contributed by atoms with Crippen LogP contribution in [-0.2, 0) is 23.1 Å². The fourth-order valence-electron chi connectivity index (χ4n) is 8.94. The number of hydrogen-bond donors (Lipinski definition) is 1. The summed E-state index contributed by atoms with van der Waals surface area (Å²) in [5.41, 5.74) is 4.00. The lowest BCUT2D eigenvalue weighted by Gasteiger charge is -2.64. The van der Waals surface area contributed by atoms with Crippen molar-refractivity contribution in [3.05, 3.63) is 94.5 Å². The van der Waals surface area contributed by atoms with E-state index in [9.17, 15) is 9.90 Å². The van der Waals surface area contributed by atoms with Crippen LogP contribution < -0.4 is 9.47 Å². The Kier molecular flexibility index (Phi) is 7.66. The highest BCUT2D eigenvalue weighted by Crippen LogP contribution is 2.66. The summed E-state index contributed by atoms with van der Waals surface area (Å²) in [6.07, 6.45) is 3.36. The number of amides is 1. The van der Waals surface area contributed by atoms with E-state index in [4.69, 9.17) is 9.47 Å². The van der Waals surface area contributed by atoms with Crippen molar-refractivity contribution in [3.8, 4) is 23.3 Å². The maximum Gasteiger partial charge on any atom is 0.299 e. The molecular weight excluding hydrogens is 560 g/mol. The maximum atomic E-state index is 14.0. The fraction of sp³-hybridized carbons (Fsp3) is 0.462. The number of carbonyl (C=O) groups excluding carboxylic acids is 1. The average molecular weight is 605 g/mol. The van der Waals surface area contributed by atoms with Gasteiger partial charge in [0, 0.05) is 36.2 Å². The van der Waals surface area contributed by atoms with Crippen LogP contribution in [0.25, 0.3) is 0 Å². The van der Waals surface area contributed by atoms with Crippen LogP contribution >= 0.6 is 0 Å². The predicted octanol–water partition coefficient (Wildman–Crippen LogP) is 5.31. The Balaban J connectivity index is 1.27. The molecule has 6 heteroatoms. The van der Waals surface area contributed by atoms with Crippen LogP contribution in [0.1, 0.15) is 60.9 Å². The molecule has 45 heavy (non-hydrogen) atoms. The molecule has 1 saturated heterocycles. The number of nitrogens with zero attached hydrogens (tertiary/aromatic N) is 2. The molecule has 2 bridgehead atoms. The van der Waals surface area contributed by atoms with Crippen molar-refractivity contribution in [2.75, 3.05) is 26.7 Å². The minimum atomic E-state index is -0.979. The van der Waals surface area contributed by atoms with Gasteiger partial charge in [0.1, 0.15) is 6.10 Å². The number of carbonyl (C=O) groups is 1. The van der Waals surface area contributed by atoms with E-state index in [1.54, 1.807) is 7.11 Å². The third-order valence-electron chi connectivity index (χ3n) is 10.8. The maximum absolute atomic E-state index is 14.0. The Morgan fingerprint density at radius 3 is 2.71 bits per heavy atom. The highest BCUT2D eigenvalue weighted by Gasteiger charge is 2.73. The first-order valence-corrected chi connectivity index (χ1v) is 16.5.